The van der Waals surface area contributed by atoms with E-state index in [1.165, 1.54) is 18.9 Å². The van der Waals surface area contributed by atoms with Gasteiger partial charge in [0.25, 0.3) is 5.91 Å². The Bertz CT molecular complexity index is 652. The third-order valence-electron chi connectivity index (χ3n) is 3.01. The van der Waals surface area contributed by atoms with Gasteiger partial charge in [-0.3, -0.25) is 9.63 Å². The average molecular weight is 332 g/mol. The third-order valence-corrected chi connectivity index (χ3v) is 4.03. The standard InChI is InChI=1S/C16H16N2O4S/c1-22-18(15(19)12-7-3-2-4-8-12)13(16(20)21)11-23-14-9-5-6-10-17-14/h2-10,13H,11H2,1H3,(H,20,21)/t13-/m0/s1. The van der Waals surface area contributed by atoms with Crippen molar-refractivity contribution >= 4 is 23.6 Å². The molecular formula is C16H16N2O4S. The summed E-state index contributed by atoms with van der Waals surface area (Å²) < 4.78 is 0. The van der Waals surface area contributed by atoms with Crippen molar-refractivity contribution in [2.24, 2.45) is 0 Å². The fourth-order valence-electron chi connectivity index (χ4n) is 1.90. The molecule has 0 saturated carbocycles. The van der Waals surface area contributed by atoms with Crippen molar-refractivity contribution in [3.63, 3.8) is 0 Å². The molecule has 6 nitrogen and oxygen atoms in total. The number of hydrogen-bond acceptors (Lipinski definition) is 5. The van der Waals surface area contributed by atoms with Crippen LogP contribution >= 0.6 is 11.8 Å². The Morgan fingerprint density at radius 3 is 2.48 bits per heavy atom. The Morgan fingerprint density at radius 2 is 1.91 bits per heavy atom. The molecule has 0 spiro atoms. The second-order valence-electron chi connectivity index (χ2n) is 4.51. The normalized spacial score (nSPS) is 11.7. The van der Waals surface area contributed by atoms with Crippen molar-refractivity contribution < 1.29 is 19.5 Å². The molecular weight excluding hydrogens is 316 g/mol. The number of amides is 1. The fourth-order valence-corrected chi connectivity index (χ4v) is 2.81. The van der Waals surface area contributed by atoms with Crippen molar-refractivity contribution in [3.05, 3.63) is 60.3 Å². The zero-order chi connectivity index (χ0) is 16.7. The smallest absolute Gasteiger partial charge is 0.329 e. The number of carbonyl (C=O) groups is 2. The van der Waals surface area contributed by atoms with Crippen molar-refractivity contribution in [1.82, 2.24) is 10.0 Å². The summed E-state index contributed by atoms with van der Waals surface area (Å²) in [6.07, 6.45) is 1.63. The molecule has 2 aromatic rings. The maximum absolute atomic E-state index is 12.4. The first-order chi connectivity index (χ1) is 11.1. The molecule has 1 amide bonds. The molecule has 1 N–H and O–H groups in total. The van der Waals surface area contributed by atoms with E-state index in [2.05, 4.69) is 4.98 Å². The second-order valence-corrected chi connectivity index (χ2v) is 5.55. The first-order valence-corrected chi connectivity index (χ1v) is 7.81. The average Bonchev–Trinajstić information content (AvgIpc) is 2.59. The lowest BCUT2D eigenvalue weighted by Crippen LogP contribution is -2.46. The van der Waals surface area contributed by atoms with Gasteiger partial charge >= 0.3 is 5.97 Å². The predicted octanol–water partition coefficient (Wildman–Crippen LogP) is 2.33. The third kappa shape index (κ3) is 4.54. The second kappa shape index (κ2) is 8.30. The Kier molecular flexibility index (Phi) is 6.13. The molecule has 0 aliphatic heterocycles. The molecule has 0 aliphatic carbocycles. The quantitative estimate of drug-likeness (QED) is 0.619. The summed E-state index contributed by atoms with van der Waals surface area (Å²) in [5.41, 5.74) is 0.364. The highest BCUT2D eigenvalue weighted by atomic mass is 32.2. The minimum atomic E-state index is -1.14. The molecule has 1 heterocycles. The summed E-state index contributed by atoms with van der Waals surface area (Å²) in [4.78, 5) is 33.2. The van der Waals surface area contributed by atoms with Gasteiger partial charge in [0.05, 0.1) is 12.1 Å². The van der Waals surface area contributed by atoms with Gasteiger partial charge in [-0.1, -0.05) is 24.3 Å². The van der Waals surface area contributed by atoms with E-state index < -0.39 is 17.9 Å². The summed E-state index contributed by atoms with van der Waals surface area (Å²) in [7, 11) is 1.28. The van der Waals surface area contributed by atoms with E-state index in [4.69, 9.17) is 4.84 Å². The highest BCUT2D eigenvalue weighted by molar-refractivity contribution is 7.99. The highest BCUT2D eigenvalue weighted by Crippen LogP contribution is 2.19. The lowest BCUT2D eigenvalue weighted by Gasteiger charge is -2.26. The molecule has 0 fully saturated rings. The zero-order valence-electron chi connectivity index (χ0n) is 12.5. The number of nitrogens with zero attached hydrogens (tertiary/aromatic N) is 2. The van der Waals surface area contributed by atoms with Crippen LogP contribution in [0.25, 0.3) is 0 Å². The molecule has 0 aliphatic rings. The highest BCUT2D eigenvalue weighted by Gasteiger charge is 2.31. The van der Waals surface area contributed by atoms with Gasteiger partial charge in [0.2, 0.25) is 0 Å². The lowest BCUT2D eigenvalue weighted by molar-refractivity contribution is -0.163. The molecule has 1 aromatic carbocycles. The lowest BCUT2D eigenvalue weighted by atomic mass is 10.2. The number of hydrogen-bond donors (Lipinski definition) is 1. The van der Waals surface area contributed by atoms with E-state index >= 15 is 0 Å². The van der Waals surface area contributed by atoms with Crippen LogP contribution in [0.15, 0.2) is 59.8 Å². The van der Waals surface area contributed by atoms with Crippen LogP contribution in [0, 0.1) is 0 Å². The van der Waals surface area contributed by atoms with E-state index in [1.807, 2.05) is 6.07 Å². The number of hydroxylamine groups is 2. The van der Waals surface area contributed by atoms with Crippen LogP contribution in [0.5, 0.6) is 0 Å². The van der Waals surface area contributed by atoms with Crippen molar-refractivity contribution in [2.45, 2.75) is 11.1 Å². The van der Waals surface area contributed by atoms with E-state index in [0.717, 1.165) is 5.06 Å². The Morgan fingerprint density at radius 1 is 1.22 bits per heavy atom. The van der Waals surface area contributed by atoms with E-state index in [-0.39, 0.29) is 5.75 Å². The van der Waals surface area contributed by atoms with Crippen molar-refractivity contribution in [2.75, 3.05) is 12.9 Å². The van der Waals surface area contributed by atoms with E-state index in [0.29, 0.717) is 10.6 Å². The number of benzene rings is 1. The summed E-state index contributed by atoms with van der Waals surface area (Å²) in [5.74, 6) is -1.51. The van der Waals surface area contributed by atoms with Gasteiger partial charge in [-0.25, -0.2) is 14.8 Å². The predicted molar refractivity (Wildman–Crippen MR) is 86.0 cm³/mol. The van der Waals surface area contributed by atoms with E-state index in [9.17, 15) is 14.7 Å². The number of rotatable bonds is 7. The van der Waals surface area contributed by atoms with Gasteiger partial charge in [-0.15, -0.1) is 11.8 Å². The maximum Gasteiger partial charge on any atom is 0.329 e. The summed E-state index contributed by atoms with van der Waals surface area (Å²) in [6, 6.07) is 12.7. The topological polar surface area (TPSA) is 79.7 Å². The summed E-state index contributed by atoms with van der Waals surface area (Å²) >= 11 is 1.25. The van der Waals surface area contributed by atoms with Gasteiger partial charge in [0.15, 0.2) is 6.04 Å². The van der Waals surface area contributed by atoms with Gasteiger partial charge in [-0.05, 0) is 24.3 Å². The van der Waals surface area contributed by atoms with Gasteiger partial charge in [0.1, 0.15) is 0 Å². The van der Waals surface area contributed by atoms with Crippen LogP contribution in [-0.4, -0.2) is 45.9 Å². The number of aromatic nitrogens is 1. The summed E-state index contributed by atoms with van der Waals surface area (Å²) in [6.45, 7) is 0. The van der Waals surface area contributed by atoms with Crippen LogP contribution in [0.2, 0.25) is 0 Å². The molecule has 1 atom stereocenters. The van der Waals surface area contributed by atoms with Crippen LogP contribution in [0.3, 0.4) is 0 Å². The molecule has 120 valence electrons. The number of thioether (sulfide) groups is 1. The molecule has 1 aromatic heterocycles. The van der Waals surface area contributed by atoms with Crippen LogP contribution in [-0.2, 0) is 9.63 Å². The number of carboxylic acids is 1. The van der Waals surface area contributed by atoms with Gasteiger partial charge in [0, 0.05) is 17.5 Å². The molecule has 0 saturated heterocycles. The number of pyridine rings is 1. The minimum absolute atomic E-state index is 0.124. The Balaban J connectivity index is 2.14. The van der Waals surface area contributed by atoms with Crippen LogP contribution < -0.4 is 0 Å². The first kappa shape index (κ1) is 17.0. The van der Waals surface area contributed by atoms with Crippen molar-refractivity contribution in [3.8, 4) is 0 Å². The molecule has 0 radical (unpaired) electrons. The zero-order valence-corrected chi connectivity index (χ0v) is 13.3. The number of carbonyl (C=O) groups excluding carboxylic acids is 1. The van der Waals surface area contributed by atoms with Gasteiger partial charge in [-0.2, -0.15) is 0 Å². The van der Waals surface area contributed by atoms with E-state index in [1.54, 1.807) is 48.7 Å². The van der Waals surface area contributed by atoms with Crippen molar-refractivity contribution in [1.29, 1.82) is 0 Å². The van der Waals surface area contributed by atoms with Crippen LogP contribution in [0.4, 0.5) is 0 Å². The van der Waals surface area contributed by atoms with Gasteiger partial charge < -0.3 is 5.11 Å². The summed E-state index contributed by atoms with van der Waals surface area (Å²) in [5, 5.41) is 11.0. The molecule has 0 unspecified atom stereocenters. The molecule has 0 bridgehead atoms. The largest absolute Gasteiger partial charge is 0.480 e. The first-order valence-electron chi connectivity index (χ1n) is 6.83. The minimum Gasteiger partial charge on any atom is -0.480 e. The number of carboxylic acid groups (broad SMARTS) is 1. The molecule has 2 rings (SSSR count). The Labute approximate surface area is 138 Å². The Hall–Kier alpha value is -2.38. The fraction of sp³-hybridized carbons (Fsp3) is 0.188. The SMILES string of the molecule is CON(C(=O)c1ccccc1)[C@@H](CSc1ccccn1)C(=O)O. The van der Waals surface area contributed by atoms with Crippen LogP contribution in [0.1, 0.15) is 10.4 Å². The number of aliphatic carboxylic acids is 1. The molecule has 7 heteroatoms. The monoisotopic (exact) mass is 332 g/mol. The molecule has 23 heavy (non-hydrogen) atoms. The maximum atomic E-state index is 12.4.